The number of rotatable bonds is 3. The van der Waals surface area contributed by atoms with Gasteiger partial charge in [-0.15, -0.1) is 0 Å². The van der Waals surface area contributed by atoms with Crippen LogP contribution in [-0.4, -0.2) is 37.0 Å². The molecule has 1 aliphatic heterocycles. The van der Waals surface area contributed by atoms with E-state index >= 15 is 0 Å². The molecule has 0 aliphatic carbocycles. The molecule has 1 saturated heterocycles. The number of piperazine rings is 1. The van der Waals surface area contributed by atoms with Crippen LogP contribution in [0.1, 0.15) is 16.7 Å². The van der Waals surface area contributed by atoms with E-state index in [1.165, 1.54) is 6.07 Å². The highest BCUT2D eigenvalue weighted by Crippen LogP contribution is 2.31. The first-order valence-corrected chi connectivity index (χ1v) is 8.79. The molecule has 1 aliphatic rings. The third-order valence-electron chi connectivity index (χ3n) is 4.59. The maximum absolute atomic E-state index is 12.9. The molecule has 2 aromatic rings. The average Bonchev–Trinajstić information content (AvgIpc) is 2.66. The molecule has 1 fully saturated rings. The summed E-state index contributed by atoms with van der Waals surface area (Å²) in [6.07, 6.45) is -1.02. The fraction of sp³-hybridized carbons (Fsp3) is 0.286. The first-order valence-electron chi connectivity index (χ1n) is 8.79. The normalized spacial score (nSPS) is 15.4. The standard InChI is InChI=1S/C21H21F3N2O/c1-16-4-2-5-17(14-16)8-9-20(27)26-12-10-25(11-13-26)19-7-3-6-18(15-19)21(22,23)24/h2-9,14-15H,10-13H2,1H3. The third-order valence-corrected chi connectivity index (χ3v) is 4.59. The molecule has 3 nitrogen and oxygen atoms in total. The molecule has 0 atom stereocenters. The van der Waals surface area contributed by atoms with Gasteiger partial charge in [-0.25, -0.2) is 0 Å². The van der Waals surface area contributed by atoms with E-state index < -0.39 is 11.7 Å². The first kappa shape index (κ1) is 19.0. The van der Waals surface area contributed by atoms with Crippen molar-refractivity contribution in [3.63, 3.8) is 0 Å². The second-order valence-corrected chi connectivity index (χ2v) is 6.61. The number of amides is 1. The predicted octanol–water partition coefficient (Wildman–Crippen LogP) is 4.38. The number of anilines is 1. The summed E-state index contributed by atoms with van der Waals surface area (Å²) in [5, 5.41) is 0. The Morgan fingerprint density at radius 1 is 1.00 bits per heavy atom. The fourth-order valence-electron chi connectivity index (χ4n) is 3.11. The molecule has 0 saturated carbocycles. The summed E-state index contributed by atoms with van der Waals surface area (Å²) >= 11 is 0. The van der Waals surface area contributed by atoms with Gasteiger partial charge in [-0.2, -0.15) is 13.2 Å². The highest BCUT2D eigenvalue weighted by atomic mass is 19.4. The van der Waals surface area contributed by atoms with Gasteiger partial charge in [-0.3, -0.25) is 4.79 Å². The molecule has 6 heteroatoms. The molecule has 0 radical (unpaired) electrons. The number of benzene rings is 2. The minimum absolute atomic E-state index is 0.0831. The number of hydrogen-bond donors (Lipinski definition) is 0. The van der Waals surface area contributed by atoms with Crippen LogP contribution >= 0.6 is 0 Å². The number of nitrogens with zero attached hydrogens (tertiary/aromatic N) is 2. The fourth-order valence-corrected chi connectivity index (χ4v) is 3.11. The Hall–Kier alpha value is -2.76. The van der Waals surface area contributed by atoms with Gasteiger partial charge in [0.1, 0.15) is 0 Å². The van der Waals surface area contributed by atoms with E-state index in [-0.39, 0.29) is 5.91 Å². The van der Waals surface area contributed by atoms with Gasteiger partial charge in [0.05, 0.1) is 5.56 Å². The van der Waals surface area contributed by atoms with Gasteiger partial charge < -0.3 is 9.80 Å². The largest absolute Gasteiger partial charge is 0.416 e. The Morgan fingerprint density at radius 2 is 1.70 bits per heavy atom. The van der Waals surface area contributed by atoms with E-state index in [4.69, 9.17) is 0 Å². The smallest absolute Gasteiger partial charge is 0.368 e. The average molecular weight is 374 g/mol. The molecule has 3 rings (SSSR count). The summed E-state index contributed by atoms with van der Waals surface area (Å²) < 4.78 is 38.6. The zero-order chi connectivity index (χ0) is 19.4. The van der Waals surface area contributed by atoms with Gasteiger partial charge in [0.2, 0.25) is 5.91 Å². The van der Waals surface area contributed by atoms with Gasteiger partial charge in [0.15, 0.2) is 0 Å². The second kappa shape index (κ2) is 7.86. The lowest BCUT2D eigenvalue weighted by atomic mass is 10.1. The molecular weight excluding hydrogens is 353 g/mol. The molecular formula is C21H21F3N2O. The monoisotopic (exact) mass is 374 g/mol. The summed E-state index contributed by atoms with van der Waals surface area (Å²) in [5.74, 6) is -0.0831. The Balaban J connectivity index is 1.59. The van der Waals surface area contributed by atoms with Gasteiger partial charge >= 0.3 is 6.18 Å². The van der Waals surface area contributed by atoms with Crippen LogP contribution < -0.4 is 4.90 Å². The van der Waals surface area contributed by atoms with Crippen molar-refractivity contribution in [1.29, 1.82) is 0 Å². The summed E-state index contributed by atoms with van der Waals surface area (Å²) in [6.45, 7) is 3.96. The number of carbonyl (C=O) groups excluding carboxylic acids is 1. The number of aryl methyl sites for hydroxylation is 1. The van der Waals surface area contributed by atoms with Crippen molar-refractivity contribution in [2.75, 3.05) is 31.1 Å². The molecule has 0 unspecified atom stereocenters. The Morgan fingerprint density at radius 3 is 2.37 bits per heavy atom. The Kier molecular flexibility index (Phi) is 5.54. The molecule has 27 heavy (non-hydrogen) atoms. The summed E-state index contributed by atoms with van der Waals surface area (Å²) in [5.41, 5.74) is 1.97. The summed E-state index contributed by atoms with van der Waals surface area (Å²) in [4.78, 5) is 16.0. The zero-order valence-corrected chi connectivity index (χ0v) is 15.0. The van der Waals surface area contributed by atoms with Crippen molar-refractivity contribution in [3.05, 3.63) is 71.3 Å². The minimum Gasteiger partial charge on any atom is -0.368 e. The SMILES string of the molecule is Cc1cccc(C=CC(=O)N2CCN(c3cccc(C(F)(F)F)c3)CC2)c1. The Labute approximate surface area is 156 Å². The van der Waals surface area contributed by atoms with Crippen LogP contribution in [0.15, 0.2) is 54.6 Å². The zero-order valence-electron chi connectivity index (χ0n) is 15.0. The van der Waals surface area contributed by atoms with Gasteiger partial charge in [-0.05, 0) is 36.8 Å². The van der Waals surface area contributed by atoms with Crippen LogP contribution in [-0.2, 0) is 11.0 Å². The molecule has 2 aromatic carbocycles. The molecule has 1 heterocycles. The lowest BCUT2D eigenvalue weighted by Gasteiger charge is -2.35. The molecule has 0 bridgehead atoms. The quantitative estimate of drug-likeness (QED) is 0.745. The maximum atomic E-state index is 12.9. The molecule has 0 aromatic heterocycles. The van der Waals surface area contributed by atoms with E-state index in [0.29, 0.717) is 31.9 Å². The van der Waals surface area contributed by atoms with Crippen LogP contribution in [0, 0.1) is 6.92 Å². The van der Waals surface area contributed by atoms with Crippen LogP contribution in [0.25, 0.3) is 6.08 Å². The van der Waals surface area contributed by atoms with Gasteiger partial charge in [-0.1, -0.05) is 35.9 Å². The number of carbonyl (C=O) groups is 1. The van der Waals surface area contributed by atoms with E-state index in [0.717, 1.165) is 23.3 Å². The van der Waals surface area contributed by atoms with Crippen molar-refractivity contribution >= 4 is 17.7 Å². The van der Waals surface area contributed by atoms with Crippen molar-refractivity contribution in [3.8, 4) is 0 Å². The number of alkyl halides is 3. The highest BCUT2D eigenvalue weighted by Gasteiger charge is 2.31. The predicted molar refractivity (Wildman–Crippen MR) is 100 cm³/mol. The summed E-state index contributed by atoms with van der Waals surface area (Å²) in [6, 6.07) is 13.2. The minimum atomic E-state index is -4.35. The van der Waals surface area contributed by atoms with Crippen LogP contribution in [0.4, 0.5) is 18.9 Å². The number of hydrogen-bond acceptors (Lipinski definition) is 2. The first-order chi connectivity index (χ1) is 12.8. The van der Waals surface area contributed by atoms with Crippen LogP contribution in [0.2, 0.25) is 0 Å². The van der Waals surface area contributed by atoms with Crippen molar-refractivity contribution in [2.24, 2.45) is 0 Å². The van der Waals surface area contributed by atoms with E-state index in [1.54, 1.807) is 23.1 Å². The van der Waals surface area contributed by atoms with Crippen LogP contribution in [0.3, 0.4) is 0 Å². The maximum Gasteiger partial charge on any atom is 0.416 e. The topological polar surface area (TPSA) is 23.6 Å². The van der Waals surface area contributed by atoms with E-state index in [1.807, 2.05) is 36.1 Å². The highest BCUT2D eigenvalue weighted by molar-refractivity contribution is 5.92. The van der Waals surface area contributed by atoms with E-state index in [9.17, 15) is 18.0 Å². The van der Waals surface area contributed by atoms with E-state index in [2.05, 4.69) is 0 Å². The number of halogens is 3. The molecule has 0 spiro atoms. The second-order valence-electron chi connectivity index (χ2n) is 6.61. The van der Waals surface area contributed by atoms with Gasteiger partial charge in [0.25, 0.3) is 0 Å². The van der Waals surface area contributed by atoms with Crippen molar-refractivity contribution in [1.82, 2.24) is 4.90 Å². The molecule has 142 valence electrons. The third kappa shape index (κ3) is 4.90. The van der Waals surface area contributed by atoms with Crippen molar-refractivity contribution < 1.29 is 18.0 Å². The molecule has 1 amide bonds. The van der Waals surface area contributed by atoms with Crippen molar-refractivity contribution in [2.45, 2.75) is 13.1 Å². The summed E-state index contributed by atoms with van der Waals surface area (Å²) in [7, 11) is 0. The Bertz CT molecular complexity index is 837. The van der Waals surface area contributed by atoms with Gasteiger partial charge in [0, 0.05) is 37.9 Å². The molecule has 0 N–H and O–H groups in total. The lowest BCUT2D eigenvalue weighted by molar-refractivity contribution is -0.137. The lowest BCUT2D eigenvalue weighted by Crippen LogP contribution is -2.48. The van der Waals surface area contributed by atoms with Crippen LogP contribution in [0.5, 0.6) is 0 Å².